The molecular formula is C18H18ClFN2O2. The van der Waals surface area contributed by atoms with Crippen LogP contribution in [0.1, 0.15) is 12.8 Å². The van der Waals surface area contributed by atoms with E-state index >= 15 is 0 Å². The molecule has 1 N–H and O–H groups in total. The molecule has 126 valence electrons. The number of hydrogen-bond acceptors (Lipinski definition) is 3. The van der Waals surface area contributed by atoms with Crippen LogP contribution >= 0.6 is 11.6 Å². The van der Waals surface area contributed by atoms with Gasteiger partial charge in [-0.1, -0.05) is 11.6 Å². The molecule has 24 heavy (non-hydrogen) atoms. The maximum atomic E-state index is 12.9. The average molecular weight is 349 g/mol. The van der Waals surface area contributed by atoms with Crippen molar-refractivity contribution < 1.29 is 13.9 Å². The first-order chi connectivity index (χ1) is 11.6. The number of halogens is 2. The Morgan fingerprint density at radius 2 is 1.88 bits per heavy atom. The molecule has 0 spiro atoms. The molecule has 1 saturated heterocycles. The predicted molar refractivity (Wildman–Crippen MR) is 93.4 cm³/mol. The number of carbonyl (C=O) groups excluding carboxylic acids is 1. The monoisotopic (exact) mass is 348 g/mol. The number of anilines is 2. The fraction of sp³-hybridized carbons (Fsp3) is 0.278. The first kappa shape index (κ1) is 16.6. The summed E-state index contributed by atoms with van der Waals surface area (Å²) in [5.74, 6) is -0.194. The van der Waals surface area contributed by atoms with Gasteiger partial charge in [0.05, 0.1) is 11.4 Å². The van der Waals surface area contributed by atoms with Gasteiger partial charge in [-0.2, -0.15) is 0 Å². The van der Waals surface area contributed by atoms with Gasteiger partial charge in [-0.25, -0.2) is 4.39 Å². The summed E-state index contributed by atoms with van der Waals surface area (Å²) in [6, 6.07) is 11.0. The second-order valence-corrected chi connectivity index (χ2v) is 6.08. The van der Waals surface area contributed by atoms with E-state index in [-0.39, 0.29) is 18.3 Å². The topological polar surface area (TPSA) is 41.6 Å². The smallest absolute Gasteiger partial charge is 0.262 e. The largest absolute Gasteiger partial charge is 0.484 e. The van der Waals surface area contributed by atoms with Crippen LogP contribution in [0.4, 0.5) is 15.8 Å². The van der Waals surface area contributed by atoms with Crippen molar-refractivity contribution in [2.24, 2.45) is 0 Å². The Bertz CT molecular complexity index is 715. The SMILES string of the molecule is O=C(COc1ccc(F)cc1)Nc1cc(Cl)ccc1N1CCCC1. The first-order valence-electron chi connectivity index (χ1n) is 7.84. The number of amides is 1. The number of nitrogens with zero attached hydrogens (tertiary/aromatic N) is 1. The maximum Gasteiger partial charge on any atom is 0.262 e. The molecule has 0 radical (unpaired) electrons. The molecule has 4 nitrogen and oxygen atoms in total. The van der Waals surface area contributed by atoms with Crippen molar-refractivity contribution in [3.8, 4) is 5.75 Å². The van der Waals surface area contributed by atoms with Gasteiger partial charge in [-0.3, -0.25) is 4.79 Å². The second-order valence-electron chi connectivity index (χ2n) is 5.65. The van der Waals surface area contributed by atoms with Crippen molar-refractivity contribution in [1.29, 1.82) is 0 Å². The molecule has 6 heteroatoms. The van der Waals surface area contributed by atoms with E-state index in [0.29, 0.717) is 16.5 Å². The van der Waals surface area contributed by atoms with E-state index in [9.17, 15) is 9.18 Å². The molecule has 1 aliphatic rings. The minimum Gasteiger partial charge on any atom is -0.484 e. The van der Waals surface area contributed by atoms with E-state index in [4.69, 9.17) is 16.3 Å². The van der Waals surface area contributed by atoms with Crippen molar-refractivity contribution in [1.82, 2.24) is 0 Å². The Hall–Kier alpha value is -2.27. The van der Waals surface area contributed by atoms with Crippen LogP contribution in [0.5, 0.6) is 5.75 Å². The molecule has 2 aromatic rings. The molecule has 0 unspecified atom stereocenters. The van der Waals surface area contributed by atoms with Crippen LogP contribution in [0.2, 0.25) is 5.02 Å². The Morgan fingerprint density at radius 3 is 2.58 bits per heavy atom. The third-order valence-electron chi connectivity index (χ3n) is 3.86. The van der Waals surface area contributed by atoms with Gasteiger partial charge in [-0.05, 0) is 55.3 Å². The zero-order valence-corrected chi connectivity index (χ0v) is 13.9. The highest BCUT2D eigenvalue weighted by atomic mass is 35.5. The number of ether oxygens (including phenoxy) is 1. The average Bonchev–Trinajstić information content (AvgIpc) is 3.09. The molecule has 0 aliphatic carbocycles. The molecule has 3 rings (SSSR count). The lowest BCUT2D eigenvalue weighted by atomic mass is 10.2. The van der Waals surface area contributed by atoms with E-state index in [0.717, 1.165) is 31.6 Å². The summed E-state index contributed by atoms with van der Waals surface area (Å²) in [4.78, 5) is 14.4. The molecule has 0 atom stereocenters. The van der Waals surface area contributed by atoms with Crippen LogP contribution in [-0.2, 0) is 4.79 Å². The highest BCUT2D eigenvalue weighted by Gasteiger charge is 2.17. The van der Waals surface area contributed by atoms with Gasteiger partial charge in [0.2, 0.25) is 0 Å². The highest BCUT2D eigenvalue weighted by molar-refractivity contribution is 6.31. The van der Waals surface area contributed by atoms with Crippen LogP contribution in [0.15, 0.2) is 42.5 Å². The summed E-state index contributed by atoms with van der Waals surface area (Å²) < 4.78 is 18.2. The summed E-state index contributed by atoms with van der Waals surface area (Å²) in [6.07, 6.45) is 2.29. The Labute approximate surface area is 145 Å². The van der Waals surface area contributed by atoms with Crippen molar-refractivity contribution in [3.05, 3.63) is 53.3 Å². The van der Waals surface area contributed by atoms with Gasteiger partial charge in [0.25, 0.3) is 5.91 Å². The third kappa shape index (κ3) is 4.17. The summed E-state index contributed by atoms with van der Waals surface area (Å²) in [7, 11) is 0. The van der Waals surface area contributed by atoms with Gasteiger partial charge in [0, 0.05) is 18.1 Å². The van der Waals surface area contributed by atoms with Crippen LogP contribution < -0.4 is 15.0 Å². The molecule has 0 aromatic heterocycles. The minimum atomic E-state index is -0.346. The van der Waals surface area contributed by atoms with Gasteiger partial charge in [0.15, 0.2) is 6.61 Å². The Kier molecular flexibility index (Phi) is 5.20. The molecular weight excluding hydrogens is 331 g/mol. The summed E-state index contributed by atoms with van der Waals surface area (Å²) in [5, 5.41) is 3.41. The molecule has 1 aliphatic heterocycles. The molecule has 0 bridgehead atoms. The number of benzene rings is 2. The van der Waals surface area contributed by atoms with Crippen molar-refractivity contribution in [3.63, 3.8) is 0 Å². The van der Waals surface area contributed by atoms with Crippen molar-refractivity contribution >= 4 is 28.9 Å². The van der Waals surface area contributed by atoms with Crippen molar-refractivity contribution in [2.75, 3.05) is 29.9 Å². The fourth-order valence-corrected chi connectivity index (χ4v) is 2.88. The molecule has 1 amide bonds. The number of hydrogen-bond donors (Lipinski definition) is 1. The van der Waals surface area contributed by atoms with E-state index in [1.54, 1.807) is 6.07 Å². The minimum absolute atomic E-state index is 0.155. The maximum absolute atomic E-state index is 12.9. The van der Waals surface area contributed by atoms with E-state index in [1.807, 2.05) is 12.1 Å². The normalized spacial score (nSPS) is 13.8. The number of rotatable bonds is 5. The van der Waals surface area contributed by atoms with Crippen LogP contribution in [0.25, 0.3) is 0 Å². The summed E-state index contributed by atoms with van der Waals surface area (Å²) in [6.45, 7) is 1.78. The van der Waals surface area contributed by atoms with Gasteiger partial charge in [-0.15, -0.1) is 0 Å². The number of carbonyl (C=O) groups is 1. The quantitative estimate of drug-likeness (QED) is 0.884. The summed E-state index contributed by atoms with van der Waals surface area (Å²) in [5.41, 5.74) is 1.64. The Morgan fingerprint density at radius 1 is 1.17 bits per heavy atom. The molecule has 0 saturated carbocycles. The fourth-order valence-electron chi connectivity index (χ4n) is 2.71. The lowest BCUT2D eigenvalue weighted by molar-refractivity contribution is -0.118. The molecule has 2 aromatic carbocycles. The zero-order chi connectivity index (χ0) is 16.9. The van der Waals surface area contributed by atoms with E-state index in [1.165, 1.54) is 24.3 Å². The lowest BCUT2D eigenvalue weighted by Gasteiger charge is -2.22. The van der Waals surface area contributed by atoms with Gasteiger partial charge in [0.1, 0.15) is 11.6 Å². The van der Waals surface area contributed by atoms with Crippen molar-refractivity contribution in [2.45, 2.75) is 12.8 Å². The van der Waals surface area contributed by atoms with E-state index in [2.05, 4.69) is 10.2 Å². The second kappa shape index (κ2) is 7.53. The Balaban J connectivity index is 1.65. The van der Waals surface area contributed by atoms with E-state index < -0.39 is 0 Å². The molecule has 1 fully saturated rings. The highest BCUT2D eigenvalue weighted by Crippen LogP contribution is 2.31. The first-order valence-corrected chi connectivity index (χ1v) is 8.22. The predicted octanol–water partition coefficient (Wildman–Crippen LogP) is 4.10. The van der Waals surface area contributed by atoms with Crippen LogP contribution in [0.3, 0.4) is 0 Å². The van der Waals surface area contributed by atoms with Crippen LogP contribution in [0, 0.1) is 5.82 Å². The third-order valence-corrected chi connectivity index (χ3v) is 4.10. The zero-order valence-electron chi connectivity index (χ0n) is 13.1. The number of nitrogens with one attached hydrogen (secondary N) is 1. The molecule has 1 heterocycles. The van der Waals surface area contributed by atoms with Gasteiger partial charge < -0.3 is 15.0 Å². The summed E-state index contributed by atoms with van der Waals surface area (Å²) >= 11 is 6.06. The van der Waals surface area contributed by atoms with Crippen LogP contribution in [-0.4, -0.2) is 25.6 Å². The standard InChI is InChI=1S/C18H18ClFN2O2/c19-13-3-8-17(22-9-1-2-10-22)16(11-13)21-18(23)12-24-15-6-4-14(20)5-7-15/h3-8,11H,1-2,9-10,12H2,(H,21,23). The lowest BCUT2D eigenvalue weighted by Crippen LogP contribution is -2.24. The van der Waals surface area contributed by atoms with Gasteiger partial charge >= 0.3 is 0 Å².